The summed E-state index contributed by atoms with van der Waals surface area (Å²) in [5.41, 5.74) is 0.702. The molecule has 0 bridgehead atoms. The zero-order valence-corrected chi connectivity index (χ0v) is 12.7. The quantitative estimate of drug-likeness (QED) is 0.862. The molecule has 0 radical (unpaired) electrons. The van der Waals surface area contributed by atoms with Gasteiger partial charge in [-0.25, -0.2) is 0 Å². The van der Waals surface area contributed by atoms with Gasteiger partial charge < -0.3 is 10.2 Å². The summed E-state index contributed by atoms with van der Waals surface area (Å²) in [7, 11) is 4.01. The third kappa shape index (κ3) is 5.02. The number of rotatable bonds is 6. The van der Waals surface area contributed by atoms with E-state index in [-0.39, 0.29) is 11.3 Å². The molecule has 0 aliphatic carbocycles. The lowest BCUT2D eigenvalue weighted by Gasteiger charge is -2.28. The number of nitrogens with one attached hydrogen (secondary N) is 1. The monoisotopic (exact) mass is 273 g/mol. The molecule has 0 saturated carbocycles. The van der Waals surface area contributed by atoms with Crippen LogP contribution in [0.15, 0.2) is 30.3 Å². The Labute approximate surface area is 121 Å². The van der Waals surface area contributed by atoms with Crippen LogP contribution < -0.4 is 5.32 Å². The molecule has 0 aromatic heterocycles. The minimum Gasteiger partial charge on any atom is -0.354 e. The number of benzene rings is 1. The molecule has 0 aliphatic rings. The normalized spacial score (nSPS) is 12.8. The zero-order valence-electron chi connectivity index (χ0n) is 12.7. The average molecular weight is 273 g/mol. The van der Waals surface area contributed by atoms with E-state index in [0.29, 0.717) is 6.54 Å². The largest absolute Gasteiger partial charge is 0.354 e. The highest BCUT2D eigenvalue weighted by atomic mass is 16.1. The molecule has 1 amide bonds. The average Bonchev–Trinajstić information content (AvgIpc) is 2.37. The Kier molecular flexibility index (Phi) is 5.72. The second-order valence-corrected chi connectivity index (χ2v) is 6.09. The highest BCUT2D eigenvalue weighted by Gasteiger charge is 2.24. The Bertz CT molecular complexity index is 474. The molecule has 4 heteroatoms. The molecule has 1 atom stereocenters. The minimum absolute atomic E-state index is 0.0319. The fourth-order valence-electron chi connectivity index (χ4n) is 2.27. The molecule has 1 N–H and O–H groups in total. The van der Waals surface area contributed by atoms with E-state index >= 15 is 0 Å². The van der Waals surface area contributed by atoms with E-state index in [4.69, 9.17) is 0 Å². The summed E-state index contributed by atoms with van der Waals surface area (Å²) in [5.74, 6) is -0.975. The van der Waals surface area contributed by atoms with Crippen LogP contribution in [0.25, 0.3) is 0 Å². The lowest BCUT2D eigenvalue weighted by molar-refractivity contribution is -0.121. The number of amides is 1. The summed E-state index contributed by atoms with van der Waals surface area (Å²) in [4.78, 5) is 14.2. The number of nitriles is 1. The number of carbonyl (C=O) groups is 1. The van der Waals surface area contributed by atoms with Crippen LogP contribution in [0, 0.1) is 16.7 Å². The van der Waals surface area contributed by atoms with Gasteiger partial charge in [0.1, 0.15) is 5.92 Å². The van der Waals surface area contributed by atoms with Gasteiger partial charge in [-0.3, -0.25) is 4.79 Å². The van der Waals surface area contributed by atoms with Crippen molar-refractivity contribution in [2.45, 2.75) is 19.8 Å². The standard InChI is InChI=1S/C16H23N3O/c1-16(2,12-19(3)4)11-18-15(20)14(10-17)13-8-6-5-7-9-13/h5-9,14H,11-12H2,1-4H3,(H,18,20). The van der Waals surface area contributed by atoms with E-state index in [9.17, 15) is 10.1 Å². The molecule has 4 nitrogen and oxygen atoms in total. The second kappa shape index (κ2) is 7.06. The number of carbonyl (C=O) groups excluding carboxylic acids is 1. The van der Waals surface area contributed by atoms with E-state index in [1.807, 2.05) is 32.3 Å². The Morgan fingerprint density at radius 3 is 2.45 bits per heavy atom. The molecule has 1 aromatic rings. The molecule has 1 rings (SSSR count). The van der Waals surface area contributed by atoms with E-state index in [1.165, 1.54) is 0 Å². The van der Waals surface area contributed by atoms with Crippen LogP contribution in [0.1, 0.15) is 25.3 Å². The maximum absolute atomic E-state index is 12.2. The van der Waals surface area contributed by atoms with Crippen LogP contribution in [0.2, 0.25) is 0 Å². The molecule has 20 heavy (non-hydrogen) atoms. The van der Waals surface area contributed by atoms with Crippen molar-refractivity contribution in [2.24, 2.45) is 5.41 Å². The Balaban J connectivity index is 2.64. The molecule has 0 saturated heterocycles. The van der Waals surface area contributed by atoms with Crippen molar-refractivity contribution in [2.75, 3.05) is 27.2 Å². The van der Waals surface area contributed by atoms with E-state index in [0.717, 1.165) is 12.1 Å². The summed E-state index contributed by atoms with van der Waals surface area (Å²) in [6.07, 6.45) is 0. The van der Waals surface area contributed by atoms with Gasteiger partial charge >= 0.3 is 0 Å². The highest BCUT2D eigenvalue weighted by molar-refractivity contribution is 5.86. The van der Waals surface area contributed by atoms with Gasteiger partial charge in [-0.2, -0.15) is 5.26 Å². The van der Waals surface area contributed by atoms with Crippen molar-refractivity contribution < 1.29 is 4.79 Å². The summed E-state index contributed by atoms with van der Waals surface area (Å²) < 4.78 is 0. The molecule has 0 spiro atoms. The second-order valence-electron chi connectivity index (χ2n) is 6.09. The summed E-state index contributed by atoms with van der Waals surface area (Å²) >= 11 is 0. The van der Waals surface area contributed by atoms with Crippen molar-refractivity contribution in [3.05, 3.63) is 35.9 Å². The lowest BCUT2D eigenvalue weighted by Crippen LogP contribution is -2.41. The number of nitrogens with zero attached hydrogens (tertiary/aromatic N) is 2. The fraction of sp³-hybridized carbons (Fsp3) is 0.500. The molecular formula is C16H23N3O. The maximum atomic E-state index is 12.2. The van der Waals surface area contributed by atoms with Crippen LogP contribution >= 0.6 is 0 Å². The van der Waals surface area contributed by atoms with Crippen molar-refractivity contribution in [3.63, 3.8) is 0 Å². The van der Waals surface area contributed by atoms with Gasteiger partial charge in [-0.1, -0.05) is 44.2 Å². The molecule has 108 valence electrons. The Hall–Kier alpha value is -1.86. The van der Waals surface area contributed by atoms with Gasteiger partial charge in [0, 0.05) is 13.1 Å². The predicted molar refractivity (Wildman–Crippen MR) is 80.1 cm³/mol. The molecule has 1 unspecified atom stereocenters. The van der Waals surface area contributed by atoms with Gasteiger partial charge in [-0.05, 0) is 25.1 Å². The van der Waals surface area contributed by atoms with Gasteiger partial charge in [0.05, 0.1) is 6.07 Å². The zero-order chi connectivity index (χ0) is 15.2. The smallest absolute Gasteiger partial charge is 0.241 e. The van der Waals surface area contributed by atoms with Crippen LogP contribution in [0.4, 0.5) is 0 Å². The van der Waals surface area contributed by atoms with Gasteiger partial charge in [0.15, 0.2) is 0 Å². The first-order valence-corrected chi connectivity index (χ1v) is 6.73. The van der Waals surface area contributed by atoms with Gasteiger partial charge in [0.2, 0.25) is 5.91 Å². The first kappa shape index (κ1) is 16.2. The molecular weight excluding hydrogens is 250 g/mol. The van der Waals surface area contributed by atoms with Crippen molar-refractivity contribution in [3.8, 4) is 6.07 Å². The van der Waals surface area contributed by atoms with E-state index < -0.39 is 5.92 Å². The molecule has 0 fully saturated rings. The molecule has 0 heterocycles. The summed E-state index contributed by atoms with van der Waals surface area (Å²) in [5, 5.41) is 12.1. The topological polar surface area (TPSA) is 56.1 Å². The summed E-state index contributed by atoms with van der Waals surface area (Å²) in [6, 6.07) is 11.2. The predicted octanol–water partition coefficient (Wildman–Crippen LogP) is 2.00. The maximum Gasteiger partial charge on any atom is 0.241 e. The number of hydrogen-bond donors (Lipinski definition) is 1. The SMILES string of the molecule is CN(C)CC(C)(C)CNC(=O)C(C#N)c1ccccc1. The Morgan fingerprint density at radius 1 is 1.35 bits per heavy atom. The minimum atomic E-state index is -0.744. The first-order chi connectivity index (χ1) is 9.35. The number of hydrogen-bond acceptors (Lipinski definition) is 3. The molecule has 1 aromatic carbocycles. The van der Waals surface area contributed by atoms with Crippen molar-refractivity contribution in [1.29, 1.82) is 5.26 Å². The van der Waals surface area contributed by atoms with Crippen LogP contribution in [-0.4, -0.2) is 38.0 Å². The fourth-order valence-corrected chi connectivity index (χ4v) is 2.27. The highest BCUT2D eigenvalue weighted by Crippen LogP contribution is 2.17. The van der Waals surface area contributed by atoms with Gasteiger partial charge in [0.25, 0.3) is 0 Å². The van der Waals surface area contributed by atoms with Gasteiger partial charge in [-0.15, -0.1) is 0 Å². The Morgan fingerprint density at radius 2 is 1.95 bits per heavy atom. The lowest BCUT2D eigenvalue weighted by atomic mass is 9.92. The third-order valence-electron chi connectivity index (χ3n) is 3.01. The van der Waals surface area contributed by atoms with Crippen LogP contribution in [0.5, 0.6) is 0 Å². The van der Waals surface area contributed by atoms with E-state index in [1.54, 1.807) is 12.1 Å². The van der Waals surface area contributed by atoms with Crippen LogP contribution in [-0.2, 0) is 4.79 Å². The first-order valence-electron chi connectivity index (χ1n) is 6.73. The summed E-state index contributed by atoms with van der Waals surface area (Å²) in [6.45, 7) is 5.61. The van der Waals surface area contributed by atoms with Crippen molar-refractivity contribution >= 4 is 5.91 Å². The third-order valence-corrected chi connectivity index (χ3v) is 3.01. The van der Waals surface area contributed by atoms with E-state index in [2.05, 4.69) is 30.1 Å². The van der Waals surface area contributed by atoms with Crippen LogP contribution in [0.3, 0.4) is 0 Å². The molecule has 0 aliphatic heterocycles. The van der Waals surface area contributed by atoms with Crippen molar-refractivity contribution in [1.82, 2.24) is 10.2 Å².